The number of ether oxygens (including phenoxy) is 1. The molecule has 8 heteroatoms. The van der Waals surface area contributed by atoms with Crippen molar-refractivity contribution in [3.05, 3.63) is 76.0 Å². The number of carbonyl (C=O) groups excluding carboxylic acids is 1. The van der Waals surface area contributed by atoms with Crippen molar-refractivity contribution in [2.24, 2.45) is 5.92 Å². The maximum Gasteiger partial charge on any atom is 0.311 e. The van der Waals surface area contributed by atoms with E-state index in [4.69, 9.17) is 10.5 Å². The normalized spacial score (nSPS) is 12.1. The number of rotatable bonds is 7. The van der Waals surface area contributed by atoms with E-state index in [0.717, 1.165) is 27.8 Å². The Balaban J connectivity index is 1.51. The molecule has 4 aromatic rings. The molecule has 0 aliphatic heterocycles. The van der Waals surface area contributed by atoms with Gasteiger partial charge in [0.05, 0.1) is 0 Å². The summed E-state index contributed by atoms with van der Waals surface area (Å²) in [7, 11) is 0. The first-order chi connectivity index (χ1) is 15.4. The summed E-state index contributed by atoms with van der Waals surface area (Å²) in [6.45, 7) is 4.08. The van der Waals surface area contributed by atoms with Crippen molar-refractivity contribution in [2.45, 2.75) is 26.4 Å². The van der Waals surface area contributed by atoms with Gasteiger partial charge in [-0.25, -0.2) is 4.98 Å². The number of carbonyl (C=O) groups is 1. The number of benzene rings is 2. The number of hydrogen-bond acceptors (Lipinski definition) is 6. The van der Waals surface area contributed by atoms with E-state index in [9.17, 15) is 9.59 Å². The molecule has 1 atom stereocenters. The molecular weight excluding hydrogens is 424 g/mol. The van der Waals surface area contributed by atoms with Crippen molar-refractivity contribution in [3.8, 4) is 11.4 Å². The standard InChI is InChI=1S/C24H24N4O3S/c1-15(2)13-21(31-19-8-3-16-9-10-26-22(25)20(16)14-19)23(29)27-17-4-6-18(7-5-17)28-11-12-32-24(28)30/h3-12,14-15,21H,13H2,1-2H3,(H2,25,26)(H,27,29). The number of nitrogens with two attached hydrogens (primary N) is 1. The number of nitrogen functional groups attached to an aromatic ring is 1. The molecule has 0 radical (unpaired) electrons. The maximum atomic E-state index is 13.0. The SMILES string of the molecule is CC(C)CC(Oc1ccc2ccnc(N)c2c1)C(=O)Nc1ccc(-n2ccsc2=O)cc1. The minimum absolute atomic E-state index is 0.0570. The molecule has 0 saturated carbocycles. The Kier molecular flexibility index (Phi) is 6.23. The lowest BCUT2D eigenvalue weighted by molar-refractivity contribution is -0.123. The Bertz CT molecular complexity index is 1290. The second kappa shape index (κ2) is 9.23. The van der Waals surface area contributed by atoms with Crippen molar-refractivity contribution >= 4 is 39.5 Å². The number of amides is 1. The zero-order valence-electron chi connectivity index (χ0n) is 17.8. The highest BCUT2D eigenvalue weighted by Gasteiger charge is 2.22. The number of aromatic nitrogens is 2. The molecular formula is C24H24N4O3S. The number of fused-ring (bicyclic) bond motifs is 1. The van der Waals surface area contributed by atoms with E-state index in [0.29, 0.717) is 23.7 Å². The summed E-state index contributed by atoms with van der Waals surface area (Å²) >= 11 is 1.14. The topological polar surface area (TPSA) is 99.2 Å². The molecule has 0 bridgehead atoms. The van der Waals surface area contributed by atoms with Crippen LogP contribution in [0.25, 0.3) is 16.5 Å². The number of nitrogens with zero attached hydrogens (tertiary/aromatic N) is 2. The lowest BCUT2D eigenvalue weighted by Gasteiger charge is -2.21. The zero-order valence-corrected chi connectivity index (χ0v) is 18.6. The quantitative estimate of drug-likeness (QED) is 0.435. The Labute approximate surface area is 189 Å². The van der Waals surface area contributed by atoms with Gasteiger partial charge in [0.25, 0.3) is 5.91 Å². The third-order valence-corrected chi connectivity index (χ3v) is 5.67. The predicted molar refractivity (Wildman–Crippen MR) is 129 cm³/mol. The van der Waals surface area contributed by atoms with Crippen LogP contribution in [0.15, 0.2) is 71.1 Å². The molecule has 164 valence electrons. The lowest BCUT2D eigenvalue weighted by atomic mass is 10.0. The number of thiazole rings is 1. The van der Waals surface area contributed by atoms with E-state index in [1.807, 2.05) is 38.1 Å². The van der Waals surface area contributed by atoms with Crippen LogP contribution in [0.2, 0.25) is 0 Å². The van der Waals surface area contributed by atoms with E-state index in [-0.39, 0.29) is 16.7 Å². The van der Waals surface area contributed by atoms with Crippen LogP contribution in [0, 0.1) is 5.92 Å². The molecule has 0 spiro atoms. The van der Waals surface area contributed by atoms with Gasteiger partial charge in [0.15, 0.2) is 6.10 Å². The Morgan fingerprint density at radius 1 is 1.19 bits per heavy atom. The van der Waals surface area contributed by atoms with Gasteiger partial charge in [-0.1, -0.05) is 31.3 Å². The Morgan fingerprint density at radius 3 is 2.66 bits per heavy atom. The minimum Gasteiger partial charge on any atom is -0.481 e. The molecule has 2 heterocycles. The van der Waals surface area contributed by atoms with Crippen LogP contribution in [-0.4, -0.2) is 21.6 Å². The fraction of sp³-hybridized carbons (Fsp3) is 0.208. The number of nitrogens with one attached hydrogen (secondary N) is 1. The highest BCUT2D eigenvalue weighted by molar-refractivity contribution is 7.07. The fourth-order valence-electron chi connectivity index (χ4n) is 3.43. The lowest BCUT2D eigenvalue weighted by Crippen LogP contribution is -2.34. The summed E-state index contributed by atoms with van der Waals surface area (Å²) in [5.74, 6) is 0.997. The predicted octanol–water partition coefficient (Wildman–Crippen LogP) is 4.46. The van der Waals surface area contributed by atoms with Crippen molar-refractivity contribution in [1.82, 2.24) is 9.55 Å². The second-order valence-electron chi connectivity index (χ2n) is 7.89. The van der Waals surface area contributed by atoms with E-state index >= 15 is 0 Å². The molecule has 2 aromatic heterocycles. The number of anilines is 2. The van der Waals surface area contributed by atoms with Crippen LogP contribution in [0.5, 0.6) is 5.75 Å². The highest BCUT2D eigenvalue weighted by atomic mass is 32.1. The van der Waals surface area contributed by atoms with E-state index in [2.05, 4.69) is 10.3 Å². The molecule has 0 aliphatic rings. The van der Waals surface area contributed by atoms with Gasteiger partial charge in [0.2, 0.25) is 0 Å². The highest BCUT2D eigenvalue weighted by Crippen LogP contribution is 2.26. The molecule has 0 aliphatic carbocycles. The summed E-state index contributed by atoms with van der Waals surface area (Å²) in [4.78, 5) is 28.9. The van der Waals surface area contributed by atoms with Crippen LogP contribution in [0.4, 0.5) is 11.5 Å². The van der Waals surface area contributed by atoms with Crippen LogP contribution < -0.4 is 20.7 Å². The van der Waals surface area contributed by atoms with Crippen LogP contribution in [0.3, 0.4) is 0 Å². The van der Waals surface area contributed by atoms with Gasteiger partial charge in [0.1, 0.15) is 11.6 Å². The first-order valence-corrected chi connectivity index (χ1v) is 11.2. The molecule has 32 heavy (non-hydrogen) atoms. The third-order valence-electron chi connectivity index (χ3n) is 5.01. The minimum atomic E-state index is -0.676. The van der Waals surface area contributed by atoms with Gasteiger partial charge in [-0.2, -0.15) is 0 Å². The van der Waals surface area contributed by atoms with Gasteiger partial charge in [-0.3, -0.25) is 14.2 Å². The van der Waals surface area contributed by atoms with E-state index in [1.54, 1.807) is 46.6 Å². The van der Waals surface area contributed by atoms with Crippen LogP contribution in [-0.2, 0) is 4.79 Å². The van der Waals surface area contributed by atoms with Crippen molar-refractivity contribution < 1.29 is 9.53 Å². The average Bonchev–Trinajstić information content (AvgIpc) is 3.20. The van der Waals surface area contributed by atoms with Gasteiger partial charge in [0, 0.05) is 34.5 Å². The molecule has 3 N–H and O–H groups in total. The molecule has 0 fully saturated rings. The van der Waals surface area contributed by atoms with Crippen LogP contribution in [0.1, 0.15) is 20.3 Å². The van der Waals surface area contributed by atoms with Gasteiger partial charge >= 0.3 is 4.87 Å². The smallest absolute Gasteiger partial charge is 0.311 e. The number of hydrogen-bond donors (Lipinski definition) is 2. The van der Waals surface area contributed by atoms with Crippen molar-refractivity contribution in [3.63, 3.8) is 0 Å². The Morgan fingerprint density at radius 2 is 1.97 bits per heavy atom. The zero-order chi connectivity index (χ0) is 22.7. The van der Waals surface area contributed by atoms with Gasteiger partial charge < -0.3 is 15.8 Å². The van der Waals surface area contributed by atoms with Crippen molar-refractivity contribution in [2.75, 3.05) is 11.1 Å². The second-order valence-corrected chi connectivity index (χ2v) is 8.75. The Hall–Kier alpha value is -3.65. The maximum absolute atomic E-state index is 13.0. The molecule has 1 amide bonds. The summed E-state index contributed by atoms with van der Waals surface area (Å²) in [6, 6.07) is 14.5. The monoisotopic (exact) mass is 448 g/mol. The molecule has 4 rings (SSSR count). The molecule has 1 unspecified atom stereocenters. The molecule has 0 saturated heterocycles. The third kappa shape index (κ3) is 4.81. The molecule has 7 nitrogen and oxygen atoms in total. The van der Waals surface area contributed by atoms with E-state index < -0.39 is 6.10 Å². The first kappa shape index (κ1) is 21.6. The first-order valence-electron chi connectivity index (χ1n) is 10.3. The van der Waals surface area contributed by atoms with Crippen LogP contribution >= 0.6 is 11.3 Å². The number of pyridine rings is 1. The average molecular weight is 449 g/mol. The summed E-state index contributed by atoms with van der Waals surface area (Å²) < 4.78 is 7.64. The molecule has 2 aromatic carbocycles. The summed E-state index contributed by atoms with van der Waals surface area (Å²) in [5, 5.41) is 6.40. The van der Waals surface area contributed by atoms with E-state index in [1.165, 1.54) is 0 Å². The van der Waals surface area contributed by atoms with Gasteiger partial charge in [-0.15, -0.1) is 0 Å². The van der Waals surface area contributed by atoms with Crippen molar-refractivity contribution in [1.29, 1.82) is 0 Å². The fourth-order valence-corrected chi connectivity index (χ4v) is 4.01. The van der Waals surface area contributed by atoms with Gasteiger partial charge in [-0.05, 0) is 60.2 Å². The summed E-state index contributed by atoms with van der Waals surface area (Å²) in [5.41, 5.74) is 7.36. The summed E-state index contributed by atoms with van der Waals surface area (Å²) in [6.07, 6.45) is 3.26. The largest absolute Gasteiger partial charge is 0.481 e.